The van der Waals surface area contributed by atoms with E-state index in [0.717, 1.165) is 17.1 Å². The zero-order valence-corrected chi connectivity index (χ0v) is 9.64. The van der Waals surface area contributed by atoms with E-state index in [1.165, 1.54) is 0 Å². The number of H-pyrrole nitrogens is 1. The lowest BCUT2D eigenvalue weighted by Crippen LogP contribution is -2.37. The Balaban J connectivity index is 2.84. The van der Waals surface area contributed by atoms with Crippen molar-refractivity contribution in [3.05, 3.63) is 11.4 Å². The van der Waals surface area contributed by atoms with Gasteiger partial charge in [0.25, 0.3) is 0 Å². The van der Waals surface area contributed by atoms with Gasteiger partial charge in [0.15, 0.2) is 0 Å². The predicted molar refractivity (Wildman–Crippen MR) is 59.5 cm³/mol. The Bertz CT molecular complexity index is 348. The van der Waals surface area contributed by atoms with Gasteiger partial charge >= 0.3 is 0 Å². The number of carbonyl (C=O) groups is 1. The molecule has 0 saturated heterocycles. The maximum atomic E-state index is 11.8. The number of aromatic amines is 1. The van der Waals surface area contributed by atoms with Crippen LogP contribution in [0.15, 0.2) is 0 Å². The third kappa shape index (κ3) is 2.36. The third-order valence-electron chi connectivity index (χ3n) is 2.49. The zero-order chi connectivity index (χ0) is 11.6. The summed E-state index contributed by atoms with van der Waals surface area (Å²) >= 11 is 0. The van der Waals surface area contributed by atoms with Crippen molar-refractivity contribution in [2.45, 2.75) is 27.7 Å². The van der Waals surface area contributed by atoms with Crippen LogP contribution in [0.1, 0.15) is 25.2 Å². The van der Waals surface area contributed by atoms with Crippen molar-refractivity contribution in [3.8, 4) is 0 Å². The lowest BCUT2D eigenvalue weighted by Gasteiger charge is -2.21. The molecule has 1 amide bonds. The van der Waals surface area contributed by atoms with Crippen LogP contribution in [0.25, 0.3) is 0 Å². The highest BCUT2D eigenvalue weighted by molar-refractivity contribution is 5.95. The van der Waals surface area contributed by atoms with Gasteiger partial charge in [0.2, 0.25) is 5.91 Å². The molecular weight excluding hydrogens is 192 g/mol. The number of nitrogens with two attached hydrogens (primary N) is 1. The fourth-order valence-corrected chi connectivity index (χ4v) is 1.11. The topological polar surface area (TPSA) is 83.8 Å². The number of nitrogens with zero attached hydrogens (tertiary/aromatic N) is 1. The Kier molecular flexibility index (Phi) is 3.14. The number of anilines is 1. The number of hydrogen-bond acceptors (Lipinski definition) is 3. The molecule has 0 aliphatic carbocycles. The first-order valence-corrected chi connectivity index (χ1v) is 4.91. The first-order chi connectivity index (χ1) is 6.88. The molecule has 1 aromatic rings. The van der Waals surface area contributed by atoms with Gasteiger partial charge in [-0.05, 0) is 27.7 Å². The fourth-order valence-electron chi connectivity index (χ4n) is 1.11. The number of hydrogen-bond donors (Lipinski definition) is 3. The predicted octanol–water partition coefficient (Wildman–Crippen LogP) is 0.950. The van der Waals surface area contributed by atoms with E-state index in [-0.39, 0.29) is 5.91 Å². The Morgan fingerprint density at radius 1 is 1.53 bits per heavy atom. The first kappa shape index (κ1) is 11.7. The van der Waals surface area contributed by atoms with Crippen molar-refractivity contribution in [2.24, 2.45) is 11.1 Å². The minimum Gasteiger partial charge on any atom is -0.329 e. The van der Waals surface area contributed by atoms with Gasteiger partial charge in [0.1, 0.15) is 0 Å². The average molecular weight is 210 g/mol. The van der Waals surface area contributed by atoms with E-state index in [2.05, 4.69) is 15.5 Å². The van der Waals surface area contributed by atoms with Gasteiger partial charge in [0.05, 0.1) is 22.5 Å². The Morgan fingerprint density at radius 3 is 2.53 bits per heavy atom. The molecule has 0 aliphatic heterocycles. The van der Waals surface area contributed by atoms with Crippen molar-refractivity contribution in [1.82, 2.24) is 10.2 Å². The summed E-state index contributed by atoms with van der Waals surface area (Å²) in [6.45, 7) is 7.65. The van der Waals surface area contributed by atoms with Crippen LogP contribution >= 0.6 is 0 Å². The third-order valence-corrected chi connectivity index (χ3v) is 2.49. The summed E-state index contributed by atoms with van der Waals surface area (Å²) in [6, 6.07) is 0. The average Bonchev–Trinajstić information content (AvgIpc) is 2.49. The van der Waals surface area contributed by atoms with Crippen LogP contribution < -0.4 is 11.1 Å². The van der Waals surface area contributed by atoms with Gasteiger partial charge in [0, 0.05) is 6.54 Å². The van der Waals surface area contributed by atoms with Crippen molar-refractivity contribution in [3.63, 3.8) is 0 Å². The Morgan fingerprint density at radius 2 is 2.13 bits per heavy atom. The second kappa shape index (κ2) is 4.02. The van der Waals surface area contributed by atoms with Crippen molar-refractivity contribution in [1.29, 1.82) is 0 Å². The molecule has 1 aromatic heterocycles. The molecule has 0 spiro atoms. The molecule has 5 heteroatoms. The highest BCUT2D eigenvalue weighted by Gasteiger charge is 2.26. The van der Waals surface area contributed by atoms with Gasteiger partial charge in [-0.1, -0.05) is 0 Å². The summed E-state index contributed by atoms with van der Waals surface area (Å²) in [7, 11) is 0. The van der Waals surface area contributed by atoms with E-state index in [9.17, 15) is 4.79 Å². The van der Waals surface area contributed by atoms with Gasteiger partial charge in [-0.2, -0.15) is 5.10 Å². The molecule has 1 heterocycles. The van der Waals surface area contributed by atoms with E-state index in [4.69, 9.17) is 5.73 Å². The quantitative estimate of drug-likeness (QED) is 0.694. The highest BCUT2D eigenvalue weighted by Crippen LogP contribution is 2.20. The van der Waals surface area contributed by atoms with Crippen LogP contribution in [-0.2, 0) is 4.79 Å². The van der Waals surface area contributed by atoms with Crippen molar-refractivity contribution < 1.29 is 4.79 Å². The second-order valence-electron chi connectivity index (χ2n) is 4.35. The van der Waals surface area contributed by atoms with Crippen LogP contribution in [0.3, 0.4) is 0 Å². The fraction of sp³-hybridized carbons (Fsp3) is 0.600. The smallest absolute Gasteiger partial charge is 0.231 e. The largest absolute Gasteiger partial charge is 0.329 e. The van der Waals surface area contributed by atoms with E-state index >= 15 is 0 Å². The molecule has 15 heavy (non-hydrogen) atoms. The maximum Gasteiger partial charge on any atom is 0.231 e. The molecule has 0 aliphatic rings. The van der Waals surface area contributed by atoms with Gasteiger partial charge < -0.3 is 11.1 Å². The summed E-state index contributed by atoms with van der Waals surface area (Å²) in [5.41, 5.74) is 7.36. The summed E-state index contributed by atoms with van der Waals surface area (Å²) in [4.78, 5) is 11.8. The van der Waals surface area contributed by atoms with Crippen molar-refractivity contribution in [2.75, 3.05) is 11.9 Å². The molecule has 0 atom stereocenters. The minimum absolute atomic E-state index is 0.0856. The van der Waals surface area contributed by atoms with E-state index in [1.807, 2.05) is 27.7 Å². The molecule has 0 bridgehead atoms. The summed E-state index contributed by atoms with van der Waals surface area (Å²) in [5.74, 6) is -0.0856. The zero-order valence-electron chi connectivity index (χ0n) is 9.64. The molecule has 0 aromatic carbocycles. The first-order valence-electron chi connectivity index (χ1n) is 4.91. The molecule has 0 fully saturated rings. The summed E-state index contributed by atoms with van der Waals surface area (Å²) in [6.07, 6.45) is 0. The lowest BCUT2D eigenvalue weighted by atomic mass is 9.92. The molecule has 84 valence electrons. The van der Waals surface area contributed by atoms with E-state index in [1.54, 1.807) is 0 Å². The van der Waals surface area contributed by atoms with E-state index in [0.29, 0.717) is 6.54 Å². The lowest BCUT2D eigenvalue weighted by molar-refractivity contribution is -0.123. The molecule has 4 N–H and O–H groups in total. The molecule has 1 rings (SSSR count). The number of nitrogens with one attached hydrogen (secondary N) is 2. The highest BCUT2D eigenvalue weighted by atomic mass is 16.2. The number of amides is 1. The molecule has 5 nitrogen and oxygen atoms in total. The standard InChI is InChI=1S/C10H18N4O/c1-6-8(7(2)14-13-6)12-9(15)10(3,4)5-11/h5,11H2,1-4H3,(H,12,15)(H,13,14). The molecular formula is C10H18N4O. The molecule has 0 unspecified atom stereocenters. The van der Waals surface area contributed by atoms with Crippen LogP contribution in [-0.4, -0.2) is 22.6 Å². The SMILES string of the molecule is Cc1n[nH]c(C)c1NC(=O)C(C)(C)CN. The van der Waals surface area contributed by atoms with E-state index < -0.39 is 5.41 Å². The van der Waals surface area contributed by atoms with Crippen LogP contribution in [0.4, 0.5) is 5.69 Å². The van der Waals surface area contributed by atoms with Crippen LogP contribution in [0.5, 0.6) is 0 Å². The Labute approximate surface area is 89.4 Å². The van der Waals surface area contributed by atoms with Crippen LogP contribution in [0.2, 0.25) is 0 Å². The number of rotatable bonds is 3. The number of aromatic nitrogens is 2. The summed E-state index contributed by atoms with van der Waals surface area (Å²) in [5, 5.41) is 9.66. The second-order valence-corrected chi connectivity index (χ2v) is 4.35. The van der Waals surface area contributed by atoms with Gasteiger partial charge in [-0.3, -0.25) is 9.89 Å². The molecule has 0 saturated carbocycles. The monoisotopic (exact) mass is 210 g/mol. The Hall–Kier alpha value is -1.36. The summed E-state index contributed by atoms with van der Waals surface area (Å²) < 4.78 is 0. The van der Waals surface area contributed by atoms with Crippen molar-refractivity contribution >= 4 is 11.6 Å². The van der Waals surface area contributed by atoms with Crippen LogP contribution in [0, 0.1) is 19.3 Å². The van der Waals surface area contributed by atoms with Gasteiger partial charge in [-0.25, -0.2) is 0 Å². The maximum absolute atomic E-state index is 11.8. The minimum atomic E-state index is -0.559. The number of carbonyl (C=O) groups excluding carboxylic acids is 1. The molecule has 0 radical (unpaired) electrons. The van der Waals surface area contributed by atoms with Gasteiger partial charge in [-0.15, -0.1) is 0 Å². The normalized spacial score (nSPS) is 11.5. The number of aryl methyl sites for hydroxylation is 2.